The molecule has 0 spiro atoms. The van der Waals surface area contributed by atoms with E-state index in [0.717, 1.165) is 5.56 Å². The van der Waals surface area contributed by atoms with Crippen LogP contribution in [0.25, 0.3) is 6.08 Å². The number of rotatable bonds is 5. The number of hydrogen-bond donors (Lipinski definition) is 1. The number of carbonyl (C=O) groups excluding carboxylic acids is 2. The number of carbonyl (C=O) groups is 2. The van der Waals surface area contributed by atoms with Crippen molar-refractivity contribution in [3.8, 4) is 17.2 Å². The molecule has 25 heavy (non-hydrogen) atoms. The van der Waals surface area contributed by atoms with Gasteiger partial charge in [-0.1, -0.05) is 12.1 Å². The van der Waals surface area contributed by atoms with Crippen LogP contribution in [0.4, 0.5) is 5.69 Å². The van der Waals surface area contributed by atoms with Gasteiger partial charge >= 0.3 is 0 Å². The van der Waals surface area contributed by atoms with Gasteiger partial charge < -0.3 is 19.5 Å². The molecule has 1 aliphatic heterocycles. The molecule has 0 radical (unpaired) electrons. The second-order valence-corrected chi connectivity index (χ2v) is 5.33. The SMILES string of the molecule is COc1cccc(C=CC(=O)c2ccc3c(c2)NC(=O)CO3)c1OC. The van der Waals surface area contributed by atoms with E-state index in [1.54, 1.807) is 44.6 Å². The Morgan fingerprint density at radius 3 is 2.80 bits per heavy atom. The Hall–Kier alpha value is -3.28. The van der Waals surface area contributed by atoms with E-state index in [2.05, 4.69) is 5.32 Å². The molecule has 0 fully saturated rings. The minimum atomic E-state index is -0.242. The number of ketones is 1. The number of anilines is 1. The summed E-state index contributed by atoms with van der Waals surface area (Å²) in [7, 11) is 3.10. The molecule has 6 heteroatoms. The first-order valence-corrected chi connectivity index (χ1v) is 7.62. The average Bonchev–Trinajstić information content (AvgIpc) is 2.64. The summed E-state index contributed by atoms with van der Waals surface area (Å²) in [6.07, 6.45) is 3.11. The summed E-state index contributed by atoms with van der Waals surface area (Å²) in [6.45, 7) is -0.0180. The maximum Gasteiger partial charge on any atom is 0.262 e. The highest BCUT2D eigenvalue weighted by atomic mass is 16.5. The van der Waals surface area contributed by atoms with E-state index < -0.39 is 0 Å². The summed E-state index contributed by atoms with van der Waals surface area (Å²) in [5.41, 5.74) is 1.67. The molecule has 2 aromatic rings. The Labute approximate surface area is 145 Å². The Morgan fingerprint density at radius 1 is 1.20 bits per heavy atom. The van der Waals surface area contributed by atoms with Gasteiger partial charge in [0.2, 0.25) is 0 Å². The van der Waals surface area contributed by atoms with Crippen LogP contribution in [0, 0.1) is 0 Å². The number of hydrogen-bond acceptors (Lipinski definition) is 5. The van der Waals surface area contributed by atoms with Gasteiger partial charge in [0.15, 0.2) is 23.9 Å². The van der Waals surface area contributed by atoms with E-state index in [9.17, 15) is 9.59 Å². The predicted molar refractivity (Wildman–Crippen MR) is 93.5 cm³/mol. The van der Waals surface area contributed by atoms with Crippen LogP contribution < -0.4 is 19.5 Å². The minimum Gasteiger partial charge on any atom is -0.493 e. The smallest absolute Gasteiger partial charge is 0.262 e. The number of para-hydroxylation sites is 1. The number of nitrogens with one attached hydrogen (secondary N) is 1. The van der Waals surface area contributed by atoms with E-state index >= 15 is 0 Å². The summed E-state index contributed by atoms with van der Waals surface area (Å²) in [5, 5.41) is 2.69. The Bertz CT molecular complexity index is 857. The summed E-state index contributed by atoms with van der Waals surface area (Å²) in [6, 6.07) is 10.4. The molecule has 0 saturated carbocycles. The first-order valence-electron chi connectivity index (χ1n) is 7.62. The van der Waals surface area contributed by atoms with Crippen molar-refractivity contribution in [1.29, 1.82) is 0 Å². The fraction of sp³-hybridized carbons (Fsp3) is 0.158. The van der Waals surface area contributed by atoms with Crippen LogP contribution in [0.5, 0.6) is 17.2 Å². The third-order valence-electron chi connectivity index (χ3n) is 3.74. The molecule has 0 saturated heterocycles. The zero-order valence-electron chi connectivity index (χ0n) is 13.9. The maximum absolute atomic E-state index is 12.4. The van der Waals surface area contributed by atoms with E-state index in [1.165, 1.54) is 6.08 Å². The molecule has 0 aromatic heterocycles. The molecule has 0 aliphatic carbocycles. The molecule has 3 rings (SSSR count). The van der Waals surface area contributed by atoms with Gasteiger partial charge in [0.05, 0.1) is 19.9 Å². The van der Waals surface area contributed by atoms with Gasteiger partial charge in [-0.25, -0.2) is 0 Å². The van der Waals surface area contributed by atoms with Gasteiger partial charge in [-0.2, -0.15) is 0 Å². The Morgan fingerprint density at radius 2 is 2.04 bits per heavy atom. The molecule has 0 bridgehead atoms. The van der Waals surface area contributed by atoms with E-state index in [1.807, 2.05) is 12.1 Å². The van der Waals surface area contributed by atoms with Crippen LogP contribution in [-0.4, -0.2) is 32.5 Å². The first-order chi connectivity index (χ1) is 12.1. The largest absolute Gasteiger partial charge is 0.493 e. The second kappa shape index (κ2) is 7.09. The lowest BCUT2D eigenvalue weighted by Gasteiger charge is -2.18. The molecule has 128 valence electrons. The fourth-order valence-electron chi connectivity index (χ4n) is 2.54. The van der Waals surface area contributed by atoms with Gasteiger partial charge in [-0.05, 0) is 36.4 Å². The third-order valence-corrected chi connectivity index (χ3v) is 3.74. The van der Waals surface area contributed by atoms with Crippen LogP contribution in [0.15, 0.2) is 42.5 Å². The molecule has 2 aromatic carbocycles. The van der Waals surface area contributed by atoms with Crippen LogP contribution in [-0.2, 0) is 4.79 Å². The second-order valence-electron chi connectivity index (χ2n) is 5.33. The van der Waals surface area contributed by atoms with E-state index in [-0.39, 0.29) is 18.3 Å². The molecule has 1 heterocycles. The molecule has 1 aliphatic rings. The van der Waals surface area contributed by atoms with Gasteiger partial charge in [0.1, 0.15) is 5.75 Å². The van der Waals surface area contributed by atoms with Gasteiger partial charge in [-0.3, -0.25) is 9.59 Å². The molecular formula is C19H17NO5. The summed E-state index contributed by atoms with van der Waals surface area (Å²) < 4.78 is 15.9. The number of fused-ring (bicyclic) bond motifs is 1. The molecule has 0 atom stereocenters. The summed E-state index contributed by atoms with van der Waals surface area (Å²) >= 11 is 0. The minimum absolute atomic E-state index is 0.0180. The molecule has 1 N–H and O–H groups in total. The van der Waals surface area contributed by atoms with Crippen molar-refractivity contribution in [3.05, 3.63) is 53.6 Å². The number of benzene rings is 2. The van der Waals surface area contributed by atoms with Crippen LogP contribution >= 0.6 is 0 Å². The number of methoxy groups -OCH3 is 2. The van der Waals surface area contributed by atoms with Crippen molar-refractivity contribution in [1.82, 2.24) is 0 Å². The van der Waals surface area contributed by atoms with E-state index in [4.69, 9.17) is 14.2 Å². The number of ether oxygens (including phenoxy) is 3. The van der Waals surface area contributed by atoms with Crippen LogP contribution in [0.2, 0.25) is 0 Å². The molecule has 1 amide bonds. The average molecular weight is 339 g/mol. The first kappa shape index (κ1) is 16.6. The quantitative estimate of drug-likeness (QED) is 0.670. The van der Waals surface area contributed by atoms with Crippen molar-refractivity contribution in [2.24, 2.45) is 0 Å². The highest BCUT2D eigenvalue weighted by molar-refractivity contribution is 6.08. The predicted octanol–water partition coefficient (Wildman–Crippen LogP) is 2.93. The summed E-state index contributed by atoms with van der Waals surface area (Å²) in [4.78, 5) is 23.8. The molecule has 0 unspecified atom stereocenters. The number of amides is 1. The maximum atomic E-state index is 12.4. The fourth-order valence-corrected chi connectivity index (χ4v) is 2.54. The number of allylic oxidation sites excluding steroid dienone is 1. The van der Waals surface area contributed by atoms with Gasteiger partial charge in [0.25, 0.3) is 5.91 Å². The Kier molecular flexibility index (Phi) is 4.70. The monoisotopic (exact) mass is 339 g/mol. The topological polar surface area (TPSA) is 73.9 Å². The lowest BCUT2D eigenvalue weighted by atomic mass is 10.1. The van der Waals surface area contributed by atoms with Crippen LogP contribution in [0.3, 0.4) is 0 Å². The molecule has 6 nitrogen and oxygen atoms in total. The highest BCUT2D eigenvalue weighted by Crippen LogP contribution is 2.32. The lowest BCUT2D eigenvalue weighted by molar-refractivity contribution is -0.118. The van der Waals surface area contributed by atoms with Gasteiger partial charge in [-0.15, -0.1) is 0 Å². The van der Waals surface area contributed by atoms with Crippen molar-refractivity contribution < 1.29 is 23.8 Å². The zero-order valence-corrected chi connectivity index (χ0v) is 13.9. The summed E-state index contributed by atoms with van der Waals surface area (Å²) in [5.74, 6) is 1.25. The highest BCUT2D eigenvalue weighted by Gasteiger charge is 2.17. The third kappa shape index (κ3) is 3.47. The van der Waals surface area contributed by atoms with E-state index in [0.29, 0.717) is 28.5 Å². The normalized spacial score (nSPS) is 13.0. The standard InChI is InChI=1S/C19H17NO5/c1-23-17-5-3-4-12(19(17)24-2)6-8-15(21)13-7-9-16-14(10-13)20-18(22)11-25-16/h3-10H,11H2,1-2H3,(H,20,22). The van der Waals surface area contributed by atoms with Crippen molar-refractivity contribution >= 4 is 23.5 Å². The van der Waals surface area contributed by atoms with Crippen molar-refractivity contribution in [3.63, 3.8) is 0 Å². The van der Waals surface area contributed by atoms with Gasteiger partial charge in [0, 0.05) is 11.1 Å². The lowest BCUT2D eigenvalue weighted by Crippen LogP contribution is -2.25. The van der Waals surface area contributed by atoms with Crippen molar-refractivity contribution in [2.75, 3.05) is 26.1 Å². The zero-order chi connectivity index (χ0) is 17.8. The van der Waals surface area contributed by atoms with Crippen molar-refractivity contribution in [2.45, 2.75) is 0 Å². The molecular weight excluding hydrogens is 322 g/mol. The Balaban J connectivity index is 1.84. The van der Waals surface area contributed by atoms with Crippen LogP contribution in [0.1, 0.15) is 15.9 Å².